The predicted molar refractivity (Wildman–Crippen MR) is 97.6 cm³/mol. The predicted octanol–water partition coefficient (Wildman–Crippen LogP) is 2.41. The van der Waals surface area contributed by atoms with Crippen LogP contribution in [-0.2, 0) is 14.3 Å². The van der Waals surface area contributed by atoms with E-state index in [2.05, 4.69) is 14.7 Å². The van der Waals surface area contributed by atoms with Crippen molar-refractivity contribution in [2.24, 2.45) is 4.99 Å². The lowest BCUT2D eigenvalue weighted by molar-refractivity contribution is -0.135. The van der Waals surface area contributed by atoms with Gasteiger partial charge in [0.2, 0.25) is 0 Å². The number of carbonyl (C=O) groups is 3. The maximum Gasteiger partial charge on any atom is 0.331 e. The van der Waals surface area contributed by atoms with Gasteiger partial charge < -0.3 is 4.74 Å². The normalized spacial score (nSPS) is 17.0. The number of hydrogen-bond acceptors (Lipinski definition) is 6. The molecule has 1 aromatic carbocycles. The summed E-state index contributed by atoms with van der Waals surface area (Å²) in [6.45, 7) is 0. The summed E-state index contributed by atoms with van der Waals surface area (Å²) >= 11 is 0.934. The van der Waals surface area contributed by atoms with Crippen LogP contribution in [0.2, 0.25) is 0 Å². The van der Waals surface area contributed by atoms with Gasteiger partial charge in [0, 0.05) is 18.5 Å². The molecule has 1 aromatic heterocycles. The third kappa shape index (κ3) is 3.70. The number of rotatable bonds is 3. The summed E-state index contributed by atoms with van der Waals surface area (Å²) in [6, 6.07) is 12.0. The number of carbonyl (C=O) groups excluding carboxylic acids is 3. The first-order chi connectivity index (χ1) is 12.6. The first-order valence-electron chi connectivity index (χ1n) is 7.50. The number of esters is 1. The Bertz CT molecular complexity index is 911. The van der Waals surface area contributed by atoms with E-state index in [4.69, 9.17) is 0 Å². The van der Waals surface area contributed by atoms with Gasteiger partial charge in [-0.2, -0.15) is 4.99 Å². The van der Waals surface area contributed by atoms with Crippen molar-refractivity contribution in [2.75, 3.05) is 12.0 Å². The van der Waals surface area contributed by atoms with Crippen LogP contribution >= 0.6 is 11.8 Å². The molecule has 0 unspecified atom stereocenters. The number of aromatic nitrogens is 1. The second-order valence-corrected chi connectivity index (χ2v) is 6.06. The Balaban J connectivity index is 2.01. The fraction of sp³-hybridized carbons (Fsp3) is 0.0556. The van der Waals surface area contributed by atoms with E-state index in [1.54, 1.807) is 48.7 Å². The molecule has 0 N–H and O–H groups in total. The molecule has 26 heavy (non-hydrogen) atoms. The molecule has 1 saturated heterocycles. The van der Waals surface area contributed by atoms with Crippen molar-refractivity contribution in [3.63, 3.8) is 0 Å². The smallest absolute Gasteiger partial charge is 0.331 e. The Morgan fingerprint density at radius 3 is 2.62 bits per heavy atom. The number of thioether (sulfide) groups is 1. The Labute approximate surface area is 153 Å². The van der Waals surface area contributed by atoms with Gasteiger partial charge in [0.25, 0.3) is 11.8 Å². The van der Waals surface area contributed by atoms with E-state index in [-0.39, 0.29) is 10.1 Å². The van der Waals surface area contributed by atoms with Crippen LogP contribution in [0.15, 0.2) is 70.8 Å². The first-order valence-corrected chi connectivity index (χ1v) is 8.32. The van der Waals surface area contributed by atoms with Crippen molar-refractivity contribution < 1.29 is 19.1 Å². The molecule has 2 amide bonds. The van der Waals surface area contributed by atoms with Gasteiger partial charge in [-0.15, -0.1) is 0 Å². The topological polar surface area (TPSA) is 88.9 Å². The second-order valence-electron chi connectivity index (χ2n) is 5.05. The zero-order valence-corrected chi connectivity index (χ0v) is 14.5. The standard InChI is InChI=1S/C18H13N3O4S/c1-25-15(22)10-14-17(24)21(13-7-3-2-4-8-13)18(26-14)20-16(23)12-6-5-9-19-11-12/h2-11H,1H3. The molecule has 3 rings (SSSR count). The molecule has 1 aliphatic rings. The molecule has 0 aliphatic carbocycles. The Morgan fingerprint density at radius 2 is 1.96 bits per heavy atom. The minimum absolute atomic E-state index is 0.124. The van der Waals surface area contributed by atoms with Gasteiger partial charge in [-0.1, -0.05) is 18.2 Å². The van der Waals surface area contributed by atoms with Crippen molar-refractivity contribution in [2.45, 2.75) is 0 Å². The highest BCUT2D eigenvalue weighted by Gasteiger charge is 2.35. The van der Waals surface area contributed by atoms with Gasteiger partial charge in [0.15, 0.2) is 5.17 Å². The monoisotopic (exact) mass is 367 g/mol. The van der Waals surface area contributed by atoms with Gasteiger partial charge in [0.1, 0.15) is 0 Å². The van der Waals surface area contributed by atoms with Crippen LogP contribution in [0.3, 0.4) is 0 Å². The zero-order valence-electron chi connectivity index (χ0n) is 13.7. The lowest BCUT2D eigenvalue weighted by Crippen LogP contribution is -2.29. The van der Waals surface area contributed by atoms with Crippen molar-refractivity contribution >= 4 is 40.4 Å². The van der Waals surface area contributed by atoms with Gasteiger partial charge in [-0.3, -0.25) is 19.5 Å². The Kier molecular flexibility index (Phi) is 5.23. The number of methoxy groups -OCH3 is 1. The van der Waals surface area contributed by atoms with Crippen LogP contribution < -0.4 is 4.90 Å². The first kappa shape index (κ1) is 17.6. The molecule has 8 heteroatoms. The number of benzene rings is 1. The maximum atomic E-state index is 12.7. The maximum absolute atomic E-state index is 12.7. The van der Waals surface area contributed by atoms with Crippen LogP contribution in [0.1, 0.15) is 10.4 Å². The highest BCUT2D eigenvalue weighted by molar-refractivity contribution is 8.19. The molecule has 1 fully saturated rings. The van der Waals surface area contributed by atoms with Gasteiger partial charge in [-0.05, 0) is 36.0 Å². The Hall–Kier alpha value is -3.26. The molecule has 0 saturated carbocycles. The molecule has 7 nitrogen and oxygen atoms in total. The summed E-state index contributed by atoms with van der Waals surface area (Å²) in [5.74, 6) is -1.65. The van der Waals surface area contributed by atoms with Crippen LogP contribution in [0.25, 0.3) is 0 Å². The third-order valence-electron chi connectivity index (χ3n) is 3.38. The zero-order chi connectivity index (χ0) is 18.5. The lowest BCUT2D eigenvalue weighted by Gasteiger charge is -2.15. The van der Waals surface area contributed by atoms with E-state index >= 15 is 0 Å². The number of pyridine rings is 1. The molecule has 2 aromatic rings. The molecule has 0 atom stereocenters. The van der Waals surface area contributed by atoms with E-state index in [1.807, 2.05) is 0 Å². The van der Waals surface area contributed by atoms with E-state index in [0.717, 1.165) is 17.8 Å². The number of amidine groups is 1. The molecular weight excluding hydrogens is 354 g/mol. The molecule has 0 spiro atoms. The van der Waals surface area contributed by atoms with Crippen molar-refractivity contribution in [3.8, 4) is 0 Å². The average molecular weight is 367 g/mol. The number of nitrogens with zero attached hydrogens (tertiary/aromatic N) is 3. The highest BCUT2D eigenvalue weighted by atomic mass is 32.2. The number of para-hydroxylation sites is 1. The molecule has 1 aliphatic heterocycles. The highest BCUT2D eigenvalue weighted by Crippen LogP contribution is 2.34. The quantitative estimate of drug-likeness (QED) is 0.611. The van der Waals surface area contributed by atoms with Crippen LogP contribution in [0.5, 0.6) is 0 Å². The molecule has 2 heterocycles. The molecule has 0 radical (unpaired) electrons. The van der Waals surface area contributed by atoms with E-state index in [0.29, 0.717) is 11.3 Å². The van der Waals surface area contributed by atoms with Crippen molar-refractivity contribution in [3.05, 3.63) is 71.4 Å². The van der Waals surface area contributed by atoms with Crippen LogP contribution in [0.4, 0.5) is 5.69 Å². The fourth-order valence-corrected chi connectivity index (χ4v) is 3.10. The van der Waals surface area contributed by atoms with Crippen molar-refractivity contribution in [1.29, 1.82) is 0 Å². The third-order valence-corrected chi connectivity index (χ3v) is 4.35. The molecular formula is C18H13N3O4S. The number of aliphatic imine (C=N–C) groups is 1. The minimum atomic E-state index is -0.659. The second kappa shape index (κ2) is 7.75. The van der Waals surface area contributed by atoms with Gasteiger partial charge in [0.05, 0.1) is 23.3 Å². The summed E-state index contributed by atoms with van der Waals surface area (Å²) in [5.41, 5.74) is 0.836. The summed E-state index contributed by atoms with van der Waals surface area (Å²) < 4.78 is 4.57. The fourth-order valence-electron chi connectivity index (χ4n) is 2.16. The van der Waals surface area contributed by atoms with Crippen molar-refractivity contribution in [1.82, 2.24) is 4.98 Å². The van der Waals surface area contributed by atoms with Crippen LogP contribution in [0, 0.1) is 0 Å². The summed E-state index contributed by atoms with van der Waals surface area (Å²) in [5, 5.41) is 0.158. The Morgan fingerprint density at radius 1 is 1.19 bits per heavy atom. The van der Waals surface area contributed by atoms with E-state index < -0.39 is 17.8 Å². The minimum Gasteiger partial charge on any atom is -0.466 e. The lowest BCUT2D eigenvalue weighted by atomic mass is 10.3. The van der Waals surface area contributed by atoms with Gasteiger partial charge in [-0.25, -0.2) is 4.79 Å². The van der Waals surface area contributed by atoms with Crippen LogP contribution in [-0.4, -0.2) is 35.0 Å². The summed E-state index contributed by atoms with van der Waals surface area (Å²) in [6.07, 6.45) is 4.02. The summed E-state index contributed by atoms with van der Waals surface area (Å²) in [7, 11) is 1.22. The largest absolute Gasteiger partial charge is 0.466 e. The van der Waals surface area contributed by atoms with Gasteiger partial charge >= 0.3 is 5.97 Å². The number of amides is 2. The number of anilines is 1. The summed E-state index contributed by atoms with van der Waals surface area (Å²) in [4.78, 5) is 45.9. The SMILES string of the molecule is COC(=O)C=C1SC(=NC(=O)c2cccnc2)N(c2ccccc2)C1=O. The van der Waals surface area contributed by atoms with E-state index in [9.17, 15) is 14.4 Å². The molecule has 130 valence electrons. The average Bonchev–Trinajstić information content (AvgIpc) is 2.97. The number of hydrogen-bond donors (Lipinski definition) is 0. The van der Waals surface area contributed by atoms with E-state index in [1.165, 1.54) is 18.2 Å². The number of ether oxygens (including phenoxy) is 1. The molecule has 0 bridgehead atoms.